The second-order valence-corrected chi connectivity index (χ2v) is 8.49. The first kappa shape index (κ1) is 15.1. The first-order valence-corrected chi connectivity index (χ1v) is 9.34. The number of thiophene rings is 1. The van der Waals surface area contributed by atoms with Crippen molar-refractivity contribution >= 4 is 38.8 Å². The lowest BCUT2D eigenvalue weighted by Gasteiger charge is -2.05. The fourth-order valence-corrected chi connectivity index (χ4v) is 5.07. The second kappa shape index (κ2) is 6.43. The first-order chi connectivity index (χ1) is 9.49. The molecular formula is C13H14N2O2S3. The van der Waals surface area contributed by atoms with Crippen LogP contribution in [-0.4, -0.2) is 25.8 Å². The van der Waals surface area contributed by atoms with Gasteiger partial charge in [0.15, 0.2) is 9.84 Å². The summed E-state index contributed by atoms with van der Waals surface area (Å²) in [4.78, 5) is 0.272. The van der Waals surface area contributed by atoms with E-state index in [1.807, 2.05) is 17.5 Å². The fraction of sp³-hybridized carbons (Fsp3) is 0.154. The summed E-state index contributed by atoms with van der Waals surface area (Å²) in [6.45, 7) is 0. The molecule has 1 aromatic heterocycles. The van der Waals surface area contributed by atoms with Gasteiger partial charge in [-0.2, -0.15) is 0 Å². The largest absolute Gasteiger partial charge is 0.384 e. The summed E-state index contributed by atoms with van der Waals surface area (Å²) < 4.78 is 25.4. The average Bonchev–Trinajstić information content (AvgIpc) is 2.92. The number of hydrogen-bond acceptors (Lipinski definition) is 5. The zero-order chi connectivity index (χ0) is 14.6. The minimum absolute atomic E-state index is 0.0674. The van der Waals surface area contributed by atoms with E-state index in [2.05, 4.69) is 0 Å². The molecule has 0 radical (unpaired) electrons. The van der Waals surface area contributed by atoms with E-state index < -0.39 is 9.84 Å². The van der Waals surface area contributed by atoms with E-state index in [1.54, 1.807) is 35.2 Å². The monoisotopic (exact) mass is 326 g/mol. The Hall–Kier alpha value is -1.31. The van der Waals surface area contributed by atoms with Gasteiger partial charge in [-0.1, -0.05) is 18.2 Å². The van der Waals surface area contributed by atoms with Crippen LogP contribution < -0.4 is 5.73 Å². The maximum absolute atomic E-state index is 12.1. The van der Waals surface area contributed by atoms with Crippen LogP contribution >= 0.6 is 23.1 Å². The van der Waals surface area contributed by atoms with Crippen LogP contribution in [0.4, 0.5) is 0 Å². The number of nitrogens with two attached hydrogens (primary N) is 1. The third-order valence-electron chi connectivity index (χ3n) is 2.62. The Morgan fingerprint density at radius 3 is 2.50 bits per heavy atom. The van der Waals surface area contributed by atoms with E-state index in [0.29, 0.717) is 11.3 Å². The summed E-state index contributed by atoms with van der Waals surface area (Å²) in [5, 5.41) is 9.25. The van der Waals surface area contributed by atoms with Crippen molar-refractivity contribution in [1.82, 2.24) is 0 Å². The van der Waals surface area contributed by atoms with E-state index in [4.69, 9.17) is 11.1 Å². The van der Waals surface area contributed by atoms with E-state index >= 15 is 0 Å². The predicted octanol–water partition coefficient (Wildman–Crippen LogP) is 2.60. The van der Waals surface area contributed by atoms with Crippen LogP contribution in [-0.2, 0) is 9.84 Å². The van der Waals surface area contributed by atoms with Crippen molar-refractivity contribution in [3.63, 3.8) is 0 Å². The second-order valence-electron chi connectivity index (χ2n) is 4.04. The highest BCUT2D eigenvalue weighted by Crippen LogP contribution is 2.24. The van der Waals surface area contributed by atoms with E-state index in [1.165, 1.54) is 12.1 Å². The number of amidine groups is 1. The van der Waals surface area contributed by atoms with Crippen molar-refractivity contribution in [2.75, 3.05) is 11.5 Å². The maximum atomic E-state index is 12.1. The van der Waals surface area contributed by atoms with Gasteiger partial charge in [0.1, 0.15) is 5.84 Å². The van der Waals surface area contributed by atoms with Crippen molar-refractivity contribution in [3.05, 3.63) is 47.3 Å². The lowest BCUT2D eigenvalue weighted by Crippen LogP contribution is -2.12. The molecular weight excluding hydrogens is 312 g/mol. The van der Waals surface area contributed by atoms with E-state index in [9.17, 15) is 8.42 Å². The highest BCUT2D eigenvalue weighted by Gasteiger charge is 2.14. The van der Waals surface area contributed by atoms with Crippen molar-refractivity contribution < 1.29 is 8.42 Å². The zero-order valence-corrected chi connectivity index (χ0v) is 13.0. The molecule has 0 spiro atoms. The van der Waals surface area contributed by atoms with Gasteiger partial charge in [-0.3, -0.25) is 5.41 Å². The molecule has 7 heteroatoms. The molecule has 0 saturated carbocycles. The molecule has 2 rings (SSSR count). The van der Waals surface area contributed by atoms with Gasteiger partial charge in [0, 0.05) is 11.3 Å². The standard InChI is InChI=1S/C13H14N2O2S3/c14-13(15)10-3-5-11(6-4-10)20(16,17)9-8-19-12-2-1-7-18-12/h1-7H,8-9H2,(H3,14,15). The number of benzene rings is 1. The summed E-state index contributed by atoms with van der Waals surface area (Å²) in [5.74, 6) is 0.550. The molecule has 0 fully saturated rings. The Balaban J connectivity index is 2.00. The quantitative estimate of drug-likeness (QED) is 0.485. The Morgan fingerprint density at radius 2 is 1.95 bits per heavy atom. The van der Waals surface area contributed by atoms with Gasteiger partial charge in [-0.25, -0.2) is 8.42 Å². The van der Waals surface area contributed by atoms with Crippen LogP contribution in [0, 0.1) is 5.41 Å². The summed E-state index contributed by atoms with van der Waals surface area (Å²) in [7, 11) is -3.28. The predicted molar refractivity (Wildman–Crippen MR) is 84.6 cm³/mol. The normalized spacial score (nSPS) is 11.4. The van der Waals surface area contributed by atoms with Crippen molar-refractivity contribution in [2.24, 2.45) is 5.73 Å². The van der Waals surface area contributed by atoms with Crippen LogP contribution in [0.5, 0.6) is 0 Å². The lowest BCUT2D eigenvalue weighted by atomic mass is 10.2. The number of nitrogens with one attached hydrogen (secondary N) is 1. The molecule has 4 nitrogen and oxygen atoms in total. The molecule has 0 aliphatic carbocycles. The molecule has 106 valence electrons. The number of sulfone groups is 1. The summed E-state index contributed by atoms with van der Waals surface area (Å²) in [6.07, 6.45) is 0. The van der Waals surface area contributed by atoms with Crippen molar-refractivity contribution in [2.45, 2.75) is 9.10 Å². The van der Waals surface area contributed by atoms with E-state index in [-0.39, 0.29) is 16.5 Å². The van der Waals surface area contributed by atoms with Gasteiger partial charge in [-0.15, -0.1) is 23.1 Å². The van der Waals surface area contributed by atoms with Gasteiger partial charge in [0.05, 0.1) is 14.9 Å². The zero-order valence-electron chi connectivity index (χ0n) is 10.6. The molecule has 1 aromatic carbocycles. The van der Waals surface area contributed by atoms with Gasteiger partial charge in [0.25, 0.3) is 0 Å². The van der Waals surface area contributed by atoms with Crippen LogP contribution in [0.25, 0.3) is 0 Å². The minimum atomic E-state index is -3.28. The topological polar surface area (TPSA) is 84.0 Å². The highest BCUT2D eigenvalue weighted by molar-refractivity contribution is 8.02. The lowest BCUT2D eigenvalue weighted by molar-refractivity contribution is 0.597. The van der Waals surface area contributed by atoms with Gasteiger partial charge >= 0.3 is 0 Å². The Kier molecular flexibility index (Phi) is 4.85. The molecule has 0 bridgehead atoms. The molecule has 0 aliphatic heterocycles. The molecule has 20 heavy (non-hydrogen) atoms. The van der Waals surface area contributed by atoms with Crippen LogP contribution in [0.1, 0.15) is 5.56 Å². The fourth-order valence-electron chi connectivity index (χ4n) is 1.56. The highest BCUT2D eigenvalue weighted by atomic mass is 32.2. The molecule has 0 atom stereocenters. The molecule has 1 heterocycles. The van der Waals surface area contributed by atoms with Crippen molar-refractivity contribution in [1.29, 1.82) is 5.41 Å². The van der Waals surface area contributed by atoms with Crippen LogP contribution in [0.15, 0.2) is 50.9 Å². The number of nitrogen functional groups attached to an aromatic ring is 1. The van der Waals surface area contributed by atoms with Crippen LogP contribution in [0.3, 0.4) is 0 Å². The molecule has 0 unspecified atom stereocenters. The summed E-state index contributed by atoms with van der Waals surface area (Å²) in [6, 6.07) is 10.0. The molecule has 2 aromatic rings. The summed E-state index contributed by atoms with van der Waals surface area (Å²) >= 11 is 3.15. The smallest absolute Gasteiger partial charge is 0.179 e. The summed E-state index contributed by atoms with van der Waals surface area (Å²) in [5.41, 5.74) is 5.86. The van der Waals surface area contributed by atoms with E-state index in [0.717, 1.165) is 4.21 Å². The SMILES string of the molecule is N=C(N)c1ccc(S(=O)(=O)CCSc2cccs2)cc1. The third-order valence-corrected chi connectivity index (χ3v) is 6.74. The van der Waals surface area contributed by atoms with Gasteiger partial charge in [0.2, 0.25) is 0 Å². The third kappa shape index (κ3) is 3.84. The molecule has 3 N–H and O–H groups in total. The molecule has 0 saturated heterocycles. The Labute approximate surface area is 126 Å². The Morgan fingerprint density at radius 1 is 1.25 bits per heavy atom. The maximum Gasteiger partial charge on any atom is 0.179 e. The number of hydrogen-bond donors (Lipinski definition) is 2. The number of rotatable bonds is 6. The average molecular weight is 326 g/mol. The first-order valence-electron chi connectivity index (χ1n) is 5.82. The number of thioether (sulfide) groups is 1. The van der Waals surface area contributed by atoms with Crippen LogP contribution in [0.2, 0.25) is 0 Å². The van der Waals surface area contributed by atoms with Gasteiger partial charge < -0.3 is 5.73 Å². The minimum Gasteiger partial charge on any atom is -0.384 e. The molecule has 0 amide bonds. The molecule has 0 aliphatic rings. The van der Waals surface area contributed by atoms with Crippen molar-refractivity contribution in [3.8, 4) is 0 Å². The Bertz CT molecular complexity index is 677. The van der Waals surface area contributed by atoms with Gasteiger partial charge in [-0.05, 0) is 23.6 Å².